The SMILES string of the molecule is CCCC[C@H]1C(=O)N(C)CC(=O)N[C@@H](CC(=O)O)C(=O)N[C@@H](C(C)C)C(=O)N(C)[C@@H](Cc2ccccc2)C(=O)N[C@@H](Cc2ccc(O)cc2)C(=O)N(C)[C@@H](C)C(=O)N[C@@H](Cc2c[nH]c3ccccc23)C(=O)N[C@@H](Cc2ccc(O)cc2)C(=O)N[C@@H](CC(C)C)C(=O)N[C@H](C(=O)NCC(N)=O)CSCC(=O)N[C@@H](Cc2ccccc2)C(=O)N(C)[C@@H](Cc2ccccc2)C(=O)N1C. The number of amides is 15. The average Bonchev–Trinajstić information content (AvgIpc) is 1.67. The second kappa shape index (κ2) is 49.0. The van der Waals surface area contributed by atoms with E-state index in [2.05, 4.69) is 52.8 Å². The molecule has 2 heterocycles. The molecule has 1 saturated heterocycles. The van der Waals surface area contributed by atoms with Gasteiger partial charge in [-0.25, -0.2) is 0 Å². The predicted molar refractivity (Wildman–Crippen MR) is 487 cm³/mol. The van der Waals surface area contributed by atoms with Crippen LogP contribution in [0.3, 0.4) is 0 Å². The van der Waals surface area contributed by atoms with Crippen LogP contribution >= 0.6 is 11.8 Å². The number of benzene rings is 6. The fraction of sp³-hybridized carbons (Fsp3) is 0.426. The molecule has 1 aromatic heterocycles. The van der Waals surface area contributed by atoms with Crippen molar-refractivity contribution in [2.75, 3.05) is 59.8 Å². The van der Waals surface area contributed by atoms with Crippen molar-refractivity contribution in [2.24, 2.45) is 17.6 Å². The first-order chi connectivity index (χ1) is 61.8. The van der Waals surface area contributed by atoms with Gasteiger partial charge in [-0.2, -0.15) is 0 Å². The Balaban J connectivity index is 1.22. The number of phenolic OH excluding ortho intramolecular Hbond substituents is 2. The lowest BCUT2D eigenvalue weighted by molar-refractivity contribution is -0.151. The van der Waals surface area contributed by atoms with Gasteiger partial charge in [0.05, 0.1) is 25.3 Å². The summed E-state index contributed by atoms with van der Waals surface area (Å²) in [6, 6.07) is 25.7. The molecule has 15 amide bonds. The van der Waals surface area contributed by atoms with Crippen LogP contribution in [-0.4, -0.2) is 272 Å². The highest BCUT2D eigenvalue weighted by molar-refractivity contribution is 8.00. The Labute approximate surface area is 759 Å². The van der Waals surface area contributed by atoms with E-state index in [4.69, 9.17) is 5.73 Å². The second-order valence-electron chi connectivity index (χ2n) is 33.4. The van der Waals surface area contributed by atoms with Gasteiger partial charge < -0.3 is 98.4 Å². The van der Waals surface area contributed by atoms with Gasteiger partial charge in [-0.3, -0.25) is 76.7 Å². The Kier molecular flexibility index (Phi) is 38.4. The fourth-order valence-corrected chi connectivity index (χ4v) is 15.9. The maximum absolute atomic E-state index is 15.5. The first-order valence-corrected chi connectivity index (χ1v) is 44.3. The lowest BCUT2D eigenvalue weighted by Gasteiger charge is -2.37. The van der Waals surface area contributed by atoms with Gasteiger partial charge in [0.25, 0.3) is 0 Å². The van der Waals surface area contributed by atoms with Crippen LogP contribution in [0.1, 0.15) is 107 Å². The van der Waals surface area contributed by atoms with E-state index in [1.165, 1.54) is 100 Å². The number of hydrogen-bond donors (Lipinski definition) is 14. The minimum atomic E-state index is -1.91. The van der Waals surface area contributed by atoms with Crippen molar-refractivity contribution in [3.8, 4) is 11.5 Å². The van der Waals surface area contributed by atoms with Gasteiger partial charge in [0.2, 0.25) is 88.6 Å². The summed E-state index contributed by atoms with van der Waals surface area (Å²) in [6.07, 6.45) is 0.0675. The quantitative estimate of drug-likeness (QED) is 0.0438. The summed E-state index contributed by atoms with van der Waals surface area (Å²) in [6.45, 7) is 8.32. The summed E-state index contributed by atoms with van der Waals surface area (Å²) in [5, 5.41) is 55.8. The van der Waals surface area contributed by atoms with Gasteiger partial charge in [0.1, 0.15) is 84.0 Å². The number of aromatic amines is 1. The molecule has 1 fully saturated rings. The Morgan fingerprint density at radius 1 is 0.469 bits per heavy atom. The van der Waals surface area contributed by atoms with Gasteiger partial charge in [-0.1, -0.05) is 181 Å². The van der Waals surface area contributed by atoms with Crippen LogP contribution in [0.25, 0.3) is 10.9 Å². The Morgan fingerprint density at radius 3 is 1.47 bits per heavy atom. The summed E-state index contributed by atoms with van der Waals surface area (Å²) >= 11 is 0.829. The number of thioether (sulfide) groups is 1. The molecule has 35 nitrogen and oxygen atoms in total. The number of likely N-dealkylation sites (N-methyl/N-ethyl adjacent to an activating group) is 5. The number of carbonyl (C=O) groups is 16. The molecule has 0 saturated carbocycles. The van der Waals surface area contributed by atoms with Crippen LogP contribution in [0, 0.1) is 11.8 Å². The molecule has 1 aliphatic rings. The Morgan fingerprint density at radius 2 is 0.923 bits per heavy atom. The Hall–Kier alpha value is -13.7. The van der Waals surface area contributed by atoms with Gasteiger partial charge in [-0.05, 0) is 95.3 Å². The van der Waals surface area contributed by atoms with E-state index in [-0.39, 0.29) is 74.5 Å². The van der Waals surface area contributed by atoms with E-state index < -0.39 is 198 Å². The maximum atomic E-state index is 15.5. The summed E-state index contributed by atoms with van der Waals surface area (Å²) in [5.74, 6) is -17.5. The second-order valence-corrected chi connectivity index (χ2v) is 34.5. The van der Waals surface area contributed by atoms with Crippen molar-refractivity contribution >= 4 is 117 Å². The third-order valence-electron chi connectivity index (χ3n) is 22.6. The standard InChI is InChI=1S/C94H120N16O19S/c1-12-13-33-75-92(127)106(7)52-79(114)98-71(49-81(116)117)88(123)105-82(56(4)5)94(129)109(10)76(46-59-27-19-15-20-28-59)89(124)103-73(45-62-36-40-65(112)41-37-62)90(125)107(8)57(6)83(118)100-70(48-63-50-96-67-32-24-23-31-66(63)67)87(122)102-69(43-61-34-38-64(111)39-35-61)86(121)101-68(42-55(2)3)85(120)104-74(84(119)97-51-78(95)113)53-130-54-80(115)99-72(44-58-25-17-14-18-26-58)91(126)110(11)77(93(128)108(75)9)47-60-29-21-16-22-30-60/h14-32,34-41,50,55-57,68-77,82,96,111-112H,12-13,33,42-49,51-54H2,1-11H3,(H2,95,113)(H,97,119)(H,98,114)(H,99,115)(H,100,118)(H,101,121)(H,102,122)(H,103,124)(H,104,120)(H,105,123)(H,116,117)/t57-,68-,69-,70-,71-,72-,73-,74-,75-,76-,77-,82-/m0/s1. The zero-order valence-electron chi connectivity index (χ0n) is 75.0. The highest BCUT2D eigenvalue weighted by Crippen LogP contribution is 2.25. The Bertz CT molecular complexity index is 5100. The lowest BCUT2D eigenvalue weighted by atomic mass is 9.98. The molecule has 0 unspecified atom stereocenters. The minimum absolute atomic E-state index is 0.0292. The number of para-hydroxylation sites is 1. The van der Waals surface area contributed by atoms with Crippen molar-refractivity contribution in [3.63, 3.8) is 0 Å². The van der Waals surface area contributed by atoms with Crippen molar-refractivity contribution in [2.45, 2.75) is 185 Å². The molecule has 15 N–H and O–H groups in total. The summed E-state index contributed by atoms with van der Waals surface area (Å²) in [4.78, 5) is 244. The minimum Gasteiger partial charge on any atom is -0.508 e. The van der Waals surface area contributed by atoms with Crippen LogP contribution in [0.15, 0.2) is 170 Å². The molecule has 0 spiro atoms. The molecule has 0 aliphatic carbocycles. The molecular weight excluding hydrogens is 1690 g/mol. The monoisotopic (exact) mass is 1810 g/mol. The number of aromatic hydroxyl groups is 2. The first kappa shape index (κ1) is 102. The zero-order chi connectivity index (χ0) is 95.2. The predicted octanol–water partition coefficient (Wildman–Crippen LogP) is 2.72. The number of phenols is 2. The number of unbranched alkanes of at least 4 members (excludes halogenated alkanes) is 1. The van der Waals surface area contributed by atoms with Crippen LogP contribution in [0.5, 0.6) is 11.5 Å². The molecular formula is C94H120N16O19S. The molecule has 12 atom stereocenters. The third kappa shape index (κ3) is 30.0. The van der Waals surface area contributed by atoms with Gasteiger partial charge >= 0.3 is 5.97 Å². The van der Waals surface area contributed by atoms with Crippen molar-refractivity contribution < 1.29 is 92.0 Å². The summed E-state index contributed by atoms with van der Waals surface area (Å²) in [5.41, 5.74) is 9.11. The number of carboxylic acid groups (broad SMARTS) is 1. The van der Waals surface area contributed by atoms with E-state index in [9.17, 15) is 48.9 Å². The molecule has 0 bridgehead atoms. The smallest absolute Gasteiger partial charge is 0.305 e. The van der Waals surface area contributed by atoms with Crippen LogP contribution < -0.4 is 53.6 Å². The number of primary amides is 1. The highest BCUT2D eigenvalue weighted by atomic mass is 32.2. The van der Waals surface area contributed by atoms with Crippen LogP contribution in [0.2, 0.25) is 0 Å². The summed E-state index contributed by atoms with van der Waals surface area (Å²) in [7, 11) is 6.56. The van der Waals surface area contributed by atoms with Crippen LogP contribution in [-0.2, 0) is 115 Å². The van der Waals surface area contributed by atoms with Crippen LogP contribution in [0.4, 0.5) is 0 Å². The number of carboxylic acids is 1. The highest BCUT2D eigenvalue weighted by Gasteiger charge is 2.43. The number of H-pyrrole nitrogens is 1. The molecule has 0 radical (unpaired) electrons. The number of rotatable bonds is 23. The fourth-order valence-electron chi connectivity index (χ4n) is 15.1. The van der Waals surface area contributed by atoms with Crippen molar-refractivity contribution in [3.05, 3.63) is 203 Å². The number of aromatic nitrogens is 1. The number of nitrogens with two attached hydrogens (primary N) is 1. The number of nitrogens with zero attached hydrogens (tertiary/aromatic N) is 5. The van der Waals surface area contributed by atoms with E-state index >= 15 is 43.2 Å². The van der Waals surface area contributed by atoms with Crippen molar-refractivity contribution in [1.82, 2.24) is 77.3 Å². The van der Waals surface area contributed by atoms with Gasteiger partial charge in [0, 0.05) is 96.6 Å². The number of hydrogen-bond acceptors (Lipinski definition) is 19. The van der Waals surface area contributed by atoms with E-state index in [1.807, 2.05) is 6.92 Å². The number of fused-ring (bicyclic) bond motifs is 1. The van der Waals surface area contributed by atoms with Gasteiger partial charge in [-0.15, -0.1) is 11.8 Å². The first-order valence-electron chi connectivity index (χ1n) is 43.1. The largest absolute Gasteiger partial charge is 0.508 e. The maximum Gasteiger partial charge on any atom is 0.305 e. The zero-order valence-corrected chi connectivity index (χ0v) is 75.8. The van der Waals surface area contributed by atoms with Crippen molar-refractivity contribution in [1.29, 1.82) is 0 Å². The molecule has 130 heavy (non-hydrogen) atoms. The normalized spacial score (nSPS) is 22.4. The molecule has 6 aromatic carbocycles. The molecule has 1 aliphatic heterocycles. The number of nitrogens with one attached hydrogen (secondary N) is 10. The average molecular weight is 1810 g/mol. The molecule has 696 valence electrons. The van der Waals surface area contributed by atoms with Gasteiger partial charge in [0.15, 0.2) is 0 Å². The molecule has 8 rings (SSSR count). The van der Waals surface area contributed by atoms with E-state index in [0.29, 0.717) is 57.1 Å². The summed E-state index contributed by atoms with van der Waals surface area (Å²) < 4.78 is 0. The van der Waals surface area contributed by atoms with E-state index in [0.717, 1.165) is 26.5 Å². The number of carbonyl (C=O) groups excluding carboxylic acids is 15. The molecule has 36 heteroatoms. The third-order valence-corrected chi connectivity index (χ3v) is 23.6. The van der Waals surface area contributed by atoms with E-state index in [1.54, 1.807) is 149 Å². The number of aliphatic carboxylic acids is 1. The lowest BCUT2D eigenvalue weighted by Crippen LogP contribution is -2.62. The molecule has 7 aromatic rings. The topological polar surface area (TPSA) is 500 Å².